The number of ether oxygens (including phenoxy) is 2. The van der Waals surface area contributed by atoms with Crippen molar-refractivity contribution in [2.24, 2.45) is 5.73 Å². The van der Waals surface area contributed by atoms with Crippen LogP contribution in [0.3, 0.4) is 0 Å². The van der Waals surface area contributed by atoms with Crippen LogP contribution < -0.4 is 25.8 Å². The topological polar surface area (TPSA) is 103 Å². The van der Waals surface area contributed by atoms with E-state index in [1.54, 1.807) is 6.07 Å². The largest absolute Gasteiger partial charge is 0.493 e. The van der Waals surface area contributed by atoms with E-state index in [9.17, 15) is 9.59 Å². The number of nitrogens with two attached hydrogens (primary N) is 1. The van der Waals surface area contributed by atoms with Crippen LogP contribution in [0.25, 0.3) is 0 Å². The Morgan fingerprint density at radius 1 is 1.33 bits per heavy atom. The predicted octanol–water partition coefficient (Wildman–Crippen LogP) is 0.939. The molecule has 1 aromatic carbocycles. The van der Waals surface area contributed by atoms with Crippen molar-refractivity contribution in [1.82, 2.24) is 10.6 Å². The zero-order valence-corrected chi connectivity index (χ0v) is 12.4. The van der Waals surface area contributed by atoms with Crippen LogP contribution in [0, 0.1) is 0 Å². The molecule has 1 atom stereocenters. The summed E-state index contributed by atoms with van der Waals surface area (Å²) < 4.78 is 10.6. The Morgan fingerprint density at radius 3 is 2.62 bits per heavy atom. The van der Waals surface area contributed by atoms with E-state index in [-0.39, 0.29) is 12.6 Å². The van der Waals surface area contributed by atoms with Gasteiger partial charge in [0, 0.05) is 6.04 Å². The fourth-order valence-electron chi connectivity index (χ4n) is 1.81. The summed E-state index contributed by atoms with van der Waals surface area (Å²) in [5.74, 6) is 0.323. The molecule has 0 saturated carbocycles. The molecule has 0 saturated heterocycles. The third-order valence-corrected chi connectivity index (χ3v) is 2.82. The van der Waals surface area contributed by atoms with Crippen molar-refractivity contribution >= 4 is 11.9 Å². The van der Waals surface area contributed by atoms with E-state index in [4.69, 9.17) is 15.2 Å². The minimum atomic E-state index is -0.912. The van der Waals surface area contributed by atoms with Gasteiger partial charge in [-0.15, -0.1) is 0 Å². The fraction of sp³-hybridized carbons (Fsp3) is 0.429. The van der Waals surface area contributed by atoms with Crippen molar-refractivity contribution in [3.63, 3.8) is 0 Å². The van der Waals surface area contributed by atoms with Crippen LogP contribution in [0.4, 0.5) is 4.79 Å². The molecular formula is C14H21N3O4. The lowest BCUT2D eigenvalue weighted by atomic mass is 10.1. The molecule has 0 bridgehead atoms. The third-order valence-electron chi connectivity index (χ3n) is 2.82. The van der Waals surface area contributed by atoms with E-state index in [0.29, 0.717) is 11.5 Å². The number of imide groups is 1. The highest BCUT2D eigenvalue weighted by Gasteiger charge is 2.12. The fourth-order valence-corrected chi connectivity index (χ4v) is 1.81. The van der Waals surface area contributed by atoms with Gasteiger partial charge in [0.1, 0.15) is 0 Å². The number of rotatable bonds is 7. The first-order chi connectivity index (χ1) is 9.97. The number of primary amides is 1. The second-order valence-corrected chi connectivity index (χ2v) is 4.39. The van der Waals surface area contributed by atoms with Gasteiger partial charge < -0.3 is 20.5 Å². The van der Waals surface area contributed by atoms with Gasteiger partial charge in [-0.05, 0) is 31.2 Å². The number of benzene rings is 1. The summed E-state index contributed by atoms with van der Waals surface area (Å²) in [5, 5.41) is 5.21. The van der Waals surface area contributed by atoms with Crippen LogP contribution in [0.5, 0.6) is 11.5 Å². The van der Waals surface area contributed by atoms with Crippen molar-refractivity contribution in [2.75, 3.05) is 20.3 Å². The monoisotopic (exact) mass is 295 g/mol. The lowest BCUT2D eigenvalue weighted by Crippen LogP contribution is -2.38. The maximum Gasteiger partial charge on any atom is 0.318 e. The van der Waals surface area contributed by atoms with Crippen molar-refractivity contribution in [1.29, 1.82) is 0 Å². The van der Waals surface area contributed by atoms with Gasteiger partial charge in [-0.2, -0.15) is 0 Å². The van der Waals surface area contributed by atoms with Gasteiger partial charge in [0.05, 0.1) is 7.11 Å². The van der Waals surface area contributed by atoms with Crippen LogP contribution in [-0.4, -0.2) is 32.2 Å². The minimum Gasteiger partial charge on any atom is -0.493 e. The quantitative estimate of drug-likeness (QED) is 0.694. The summed E-state index contributed by atoms with van der Waals surface area (Å²) in [6, 6.07) is 4.72. The Labute approximate surface area is 123 Å². The molecule has 7 nitrogen and oxygen atoms in total. The summed E-state index contributed by atoms with van der Waals surface area (Å²) >= 11 is 0. The number of nitrogens with one attached hydrogen (secondary N) is 2. The molecule has 0 aromatic heterocycles. The molecule has 7 heteroatoms. The van der Waals surface area contributed by atoms with Gasteiger partial charge in [0.25, 0.3) is 5.91 Å². The molecule has 0 aliphatic carbocycles. The van der Waals surface area contributed by atoms with Crippen LogP contribution >= 0.6 is 0 Å². The SMILES string of the molecule is CCNC(C)c1ccc(OCC(=O)NC(N)=O)c(OC)c1. The van der Waals surface area contributed by atoms with Crippen molar-refractivity contribution < 1.29 is 19.1 Å². The molecule has 0 spiro atoms. The van der Waals surface area contributed by atoms with E-state index in [1.807, 2.05) is 31.3 Å². The molecule has 1 rings (SSSR count). The normalized spacial score (nSPS) is 11.6. The second-order valence-electron chi connectivity index (χ2n) is 4.39. The molecule has 0 aliphatic rings. The lowest BCUT2D eigenvalue weighted by molar-refractivity contribution is -0.121. The van der Waals surface area contributed by atoms with Gasteiger partial charge >= 0.3 is 6.03 Å². The van der Waals surface area contributed by atoms with Crippen molar-refractivity contribution in [2.45, 2.75) is 19.9 Å². The highest BCUT2D eigenvalue weighted by molar-refractivity contribution is 5.94. The molecule has 0 heterocycles. The molecule has 0 radical (unpaired) electrons. The van der Waals surface area contributed by atoms with Crippen molar-refractivity contribution in [3.8, 4) is 11.5 Å². The molecule has 1 aromatic rings. The summed E-state index contributed by atoms with van der Waals surface area (Å²) in [5.41, 5.74) is 5.89. The first-order valence-corrected chi connectivity index (χ1v) is 6.61. The summed E-state index contributed by atoms with van der Waals surface area (Å²) in [6.07, 6.45) is 0. The average molecular weight is 295 g/mol. The lowest BCUT2D eigenvalue weighted by Gasteiger charge is -2.16. The molecular weight excluding hydrogens is 274 g/mol. The Hall–Kier alpha value is -2.28. The number of urea groups is 1. The van der Waals surface area contributed by atoms with E-state index in [1.165, 1.54) is 7.11 Å². The van der Waals surface area contributed by atoms with E-state index in [2.05, 4.69) is 5.32 Å². The zero-order chi connectivity index (χ0) is 15.8. The average Bonchev–Trinajstić information content (AvgIpc) is 2.44. The summed E-state index contributed by atoms with van der Waals surface area (Å²) in [4.78, 5) is 21.8. The molecule has 4 N–H and O–H groups in total. The number of hydrogen-bond acceptors (Lipinski definition) is 5. The number of carbonyl (C=O) groups excluding carboxylic acids is 2. The van der Waals surface area contributed by atoms with Crippen molar-refractivity contribution in [3.05, 3.63) is 23.8 Å². The maximum atomic E-state index is 11.3. The minimum absolute atomic E-state index is 0.177. The number of carbonyl (C=O) groups is 2. The number of methoxy groups -OCH3 is 1. The molecule has 0 aliphatic heterocycles. The second kappa shape index (κ2) is 8.11. The van der Waals surface area contributed by atoms with Crippen LogP contribution in [0.15, 0.2) is 18.2 Å². The number of amides is 3. The maximum absolute atomic E-state index is 11.3. The smallest absolute Gasteiger partial charge is 0.318 e. The van der Waals surface area contributed by atoms with E-state index in [0.717, 1.165) is 12.1 Å². The van der Waals surface area contributed by atoms with Gasteiger partial charge in [0.15, 0.2) is 18.1 Å². The Balaban J connectivity index is 2.75. The predicted molar refractivity (Wildman–Crippen MR) is 78.3 cm³/mol. The first-order valence-electron chi connectivity index (χ1n) is 6.61. The Bertz CT molecular complexity index is 505. The molecule has 1 unspecified atom stereocenters. The highest BCUT2D eigenvalue weighted by atomic mass is 16.5. The Morgan fingerprint density at radius 2 is 2.05 bits per heavy atom. The summed E-state index contributed by atoms with van der Waals surface area (Å²) in [7, 11) is 1.52. The molecule has 3 amide bonds. The molecule has 116 valence electrons. The van der Waals surface area contributed by atoms with Gasteiger partial charge in [0.2, 0.25) is 0 Å². The third kappa shape index (κ3) is 5.31. The van der Waals surface area contributed by atoms with Crippen LogP contribution in [0.2, 0.25) is 0 Å². The molecule has 0 fully saturated rings. The van der Waals surface area contributed by atoms with E-state index >= 15 is 0 Å². The highest BCUT2D eigenvalue weighted by Crippen LogP contribution is 2.30. The van der Waals surface area contributed by atoms with Gasteiger partial charge in [-0.1, -0.05) is 13.0 Å². The standard InChI is InChI=1S/C14H21N3O4/c1-4-16-9(2)10-5-6-11(12(7-10)20-3)21-8-13(18)17-14(15)19/h5-7,9,16H,4,8H2,1-3H3,(H3,15,17,18,19). The van der Waals surface area contributed by atoms with E-state index < -0.39 is 11.9 Å². The van der Waals surface area contributed by atoms with Crippen LogP contribution in [-0.2, 0) is 4.79 Å². The van der Waals surface area contributed by atoms with Gasteiger partial charge in [-0.25, -0.2) is 4.79 Å². The molecule has 21 heavy (non-hydrogen) atoms. The first kappa shape index (κ1) is 16.8. The van der Waals surface area contributed by atoms with Gasteiger partial charge in [-0.3, -0.25) is 10.1 Å². The van der Waals surface area contributed by atoms with Crippen LogP contribution in [0.1, 0.15) is 25.5 Å². The number of hydrogen-bond donors (Lipinski definition) is 3. The zero-order valence-electron chi connectivity index (χ0n) is 12.4. The Kier molecular flexibility index (Phi) is 6.48. The summed E-state index contributed by atoms with van der Waals surface area (Å²) in [6.45, 7) is 4.61.